The smallest absolute Gasteiger partial charge is 0.385 e. The largest absolute Gasteiger partial charge is 0.416 e. The summed E-state index contributed by atoms with van der Waals surface area (Å²) in [5.41, 5.74) is -1.41. The highest BCUT2D eigenvalue weighted by atomic mass is 19.4. The molecule has 116 valence electrons. The maximum Gasteiger partial charge on any atom is 0.416 e. The lowest BCUT2D eigenvalue weighted by atomic mass is 9.84. The van der Waals surface area contributed by atoms with E-state index in [2.05, 4.69) is 0 Å². The molecule has 6 heteroatoms. The first-order chi connectivity index (χ1) is 9.76. The number of carbonyl (C=O) groups is 1. The molecule has 1 aromatic carbocycles. The number of hydrogen-bond acceptors (Lipinski definition) is 2. The van der Waals surface area contributed by atoms with Crippen molar-refractivity contribution in [2.45, 2.75) is 38.0 Å². The van der Waals surface area contributed by atoms with Crippen LogP contribution in [0.25, 0.3) is 0 Å². The van der Waals surface area contributed by atoms with Gasteiger partial charge in [-0.25, -0.2) is 0 Å². The summed E-state index contributed by atoms with van der Waals surface area (Å²) in [5.74, 6) is 0.0319. The molecule has 1 amide bonds. The van der Waals surface area contributed by atoms with Crippen LogP contribution in [-0.4, -0.2) is 29.0 Å². The van der Waals surface area contributed by atoms with Gasteiger partial charge in [-0.2, -0.15) is 13.2 Å². The summed E-state index contributed by atoms with van der Waals surface area (Å²) in [7, 11) is 0. The van der Waals surface area contributed by atoms with Crippen molar-refractivity contribution < 1.29 is 23.1 Å². The highest BCUT2D eigenvalue weighted by molar-refractivity contribution is 5.75. The Morgan fingerprint density at radius 3 is 2.19 bits per heavy atom. The van der Waals surface area contributed by atoms with E-state index in [-0.39, 0.29) is 5.91 Å². The van der Waals surface area contributed by atoms with E-state index in [1.54, 1.807) is 11.8 Å². The van der Waals surface area contributed by atoms with Crippen molar-refractivity contribution >= 4 is 5.91 Å². The number of nitrogens with zero attached hydrogens (tertiary/aromatic N) is 1. The van der Waals surface area contributed by atoms with Gasteiger partial charge in [-0.05, 0) is 30.5 Å². The fourth-order valence-corrected chi connectivity index (χ4v) is 2.61. The predicted molar refractivity (Wildman–Crippen MR) is 71.4 cm³/mol. The van der Waals surface area contributed by atoms with Gasteiger partial charge < -0.3 is 10.0 Å². The highest BCUT2D eigenvalue weighted by Gasteiger charge is 2.36. The summed E-state index contributed by atoms with van der Waals surface area (Å²) in [6.07, 6.45) is -3.29. The predicted octanol–water partition coefficient (Wildman–Crippen LogP) is 2.93. The Morgan fingerprint density at radius 2 is 1.76 bits per heavy atom. The lowest BCUT2D eigenvalue weighted by Crippen LogP contribution is -2.45. The molecule has 1 saturated heterocycles. The van der Waals surface area contributed by atoms with E-state index in [0.717, 1.165) is 12.1 Å². The van der Waals surface area contributed by atoms with Crippen LogP contribution in [0, 0.1) is 0 Å². The average molecular weight is 301 g/mol. The minimum absolute atomic E-state index is 0.0319. The number of amides is 1. The first kappa shape index (κ1) is 15.8. The summed E-state index contributed by atoms with van der Waals surface area (Å²) in [6, 6.07) is 4.61. The fraction of sp³-hybridized carbons (Fsp3) is 0.533. The number of hydrogen-bond donors (Lipinski definition) is 1. The zero-order chi connectivity index (χ0) is 15.7. The summed E-state index contributed by atoms with van der Waals surface area (Å²) in [5, 5.41) is 10.6. The summed E-state index contributed by atoms with van der Waals surface area (Å²) < 4.78 is 37.6. The molecule has 0 unspecified atom stereocenters. The summed E-state index contributed by atoms with van der Waals surface area (Å²) >= 11 is 0. The van der Waals surface area contributed by atoms with E-state index < -0.39 is 17.3 Å². The molecule has 1 fully saturated rings. The number of rotatable bonds is 2. The van der Waals surface area contributed by atoms with Crippen molar-refractivity contribution in [3.8, 4) is 0 Å². The quantitative estimate of drug-likeness (QED) is 0.912. The van der Waals surface area contributed by atoms with Gasteiger partial charge in [0.25, 0.3) is 0 Å². The van der Waals surface area contributed by atoms with Gasteiger partial charge in [0.1, 0.15) is 0 Å². The standard InChI is InChI=1S/C15H18F3NO2/c1-2-13(20)19-9-7-14(21,8-10-19)11-3-5-12(6-4-11)15(16,17)18/h3-6,21H,2,7-10H2,1H3. The van der Waals surface area contributed by atoms with Crippen molar-refractivity contribution in [3.63, 3.8) is 0 Å². The molecule has 21 heavy (non-hydrogen) atoms. The number of likely N-dealkylation sites (tertiary alicyclic amines) is 1. The van der Waals surface area contributed by atoms with E-state index in [0.29, 0.717) is 37.9 Å². The van der Waals surface area contributed by atoms with Crippen molar-refractivity contribution in [2.24, 2.45) is 0 Å². The molecule has 3 nitrogen and oxygen atoms in total. The number of halogens is 3. The molecule has 0 atom stereocenters. The van der Waals surface area contributed by atoms with Crippen LogP contribution in [0.3, 0.4) is 0 Å². The molecule has 0 aromatic heterocycles. The Balaban J connectivity index is 2.10. The van der Waals surface area contributed by atoms with Crippen LogP contribution in [0.1, 0.15) is 37.3 Å². The topological polar surface area (TPSA) is 40.5 Å². The van der Waals surface area contributed by atoms with E-state index in [1.165, 1.54) is 12.1 Å². The Hall–Kier alpha value is -1.56. The third-order valence-corrected chi connectivity index (χ3v) is 4.00. The lowest BCUT2D eigenvalue weighted by molar-refractivity contribution is -0.138. The Labute approximate surface area is 121 Å². The molecule has 0 radical (unpaired) electrons. The van der Waals surface area contributed by atoms with E-state index in [4.69, 9.17) is 0 Å². The maximum atomic E-state index is 12.5. The van der Waals surface area contributed by atoms with Crippen LogP contribution in [0.2, 0.25) is 0 Å². The Kier molecular flexibility index (Phi) is 4.27. The van der Waals surface area contributed by atoms with Crippen molar-refractivity contribution in [1.29, 1.82) is 0 Å². The van der Waals surface area contributed by atoms with Crippen LogP contribution in [-0.2, 0) is 16.6 Å². The second kappa shape index (κ2) is 5.67. The van der Waals surface area contributed by atoms with Gasteiger partial charge in [0.15, 0.2) is 0 Å². The van der Waals surface area contributed by atoms with Crippen molar-refractivity contribution in [3.05, 3.63) is 35.4 Å². The molecule has 0 saturated carbocycles. The van der Waals surface area contributed by atoms with E-state index in [1.807, 2.05) is 0 Å². The molecule has 1 heterocycles. The molecule has 0 aliphatic carbocycles. The van der Waals surface area contributed by atoms with Crippen LogP contribution in [0.15, 0.2) is 24.3 Å². The Bertz CT molecular complexity index is 503. The fourth-order valence-electron chi connectivity index (χ4n) is 2.61. The van der Waals surface area contributed by atoms with E-state index in [9.17, 15) is 23.1 Å². The number of benzene rings is 1. The first-order valence-electron chi connectivity index (χ1n) is 6.94. The second-order valence-corrected chi connectivity index (χ2v) is 5.34. The second-order valence-electron chi connectivity index (χ2n) is 5.34. The molecule has 0 bridgehead atoms. The molecular weight excluding hydrogens is 283 g/mol. The van der Waals surface area contributed by atoms with E-state index >= 15 is 0 Å². The SMILES string of the molecule is CCC(=O)N1CCC(O)(c2ccc(C(F)(F)F)cc2)CC1. The van der Waals surface area contributed by atoms with Gasteiger partial charge in [-0.1, -0.05) is 19.1 Å². The van der Waals surface area contributed by atoms with Gasteiger partial charge in [-0.15, -0.1) is 0 Å². The maximum absolute atomic E-state index is 12.5. The molecule has 2 rings (SSSR count). The number of carbonyl (C=O) groups excluding carboxylic acids is 1. The lowest BCUT2D eigenvalue weighted by Gasteiger charge is -2.38. The molecule has 0 spiro atoms. The van der Waals surface area contributed by atoms with Gasteiger partial charge in [-0.3, -0.25) is 4.79 Å². The minimum Gasteiger partial charge on any atom is -0.385 e. The van der Waals surface area contributed by atoms with Crippen molar-refractivity contribution in [1.82, 2.24) is 4.90 Å². The summed E-state index contributed by atoms with van der Waals surface area (Å²) in [6.45, 7) is 2.62. The zero-order valence-electron chi connectivity index (χ0n) is 11.8. The van der Waals surface area contributed by atoms with Gasteiger partial charge in [0.2, 0.25) is 5.91 Å². The monoisotopic (exact) mass is 301 g/mol. The normalized spacial score (nSPS) is 18.6. The van der Waals surface area contributed by atoms with Crippen molar-refractivity contribution in [2.75, 3.05) is 13.1 Å². The molecule has 1 aromatic rings. The zero-order valence-corrected chi connectivity index (χ0v) is 11.8. The van der Waals surface area contributed by atoms with Crippen LogP contribution in [0.4, 0.5) is 13.2 Å². The average Bonchev–Trinajstić information content (AvgIpc) is 2.46. The molecular formula is C15H18F3NO2. The number of aliphatic hydroxyl groups is 1. The third kappa shape index (κ3) is 3.37. The first-order valence-corrected chi connectivity index (χ1v) is 6.94. The number of alkyl halides is 3. The minimum atomic E-state index is -4.38. The number of piperidine rings is 1. The third-order valence-electron chi connectivity index (χ3n) is 4.00. The highest BCUT2D eigenvalue weighted by Crippen LogP contribution is 2.35. The molecule has 1 aliphatic heterocycles. The van der Waals surface area contributed by atoms with Crippen LogP contribution in [0.5, 0.6) is 0 Å². The summed E-state index contributed by atoms with van der Waals surface area (Å²) in [4.78, 5) is 13.3. The van der Waals surface area contributed by atoms with Gasteiger partial charge >= 0.3 is 6.18 Å². The van der Waals surface area contributed by atoms with Gasteiger partial charge in [0.05, 0.1) is 11.2 Å². The van der Waals surface area contributed by atoms with Gasteiger partial charge in [0, 0.05) is 19.5 Å². The Morgan fingerprint density at radius 1 is 1.24 bits per heavy atom. The van der Waals surface area contributed by atoms with Crippen LogP contribution >= 0.6 is 0 Å². The molecule has 1 N–H and O–H groups in total. The molecule has 1 aliphatic rings. The van der Waals surface area contributed by atoms with Crippen LogP contribution < -0.4 is 0 Å².